The molecule has 3 aromatic heterocycles. The summed E-state index contributed by atoms with van der Waals surface area (Å²) in [5.74, 6) is 1.82. The molecular formula is C25H28FN7. The fraction of sp³-hybridized carbons (Fsp3) is 0.360. The fourth-order valence-corrected chi connectivity index (χ4v) is 4.40. The number of halogens is 1. The summed E-state index contributed by atoms with van der Waals surface area (Å²) in [7, 11) is 0. The van der Waals surface area contributed by atoms with Gasteiger partial charge in [0, 0.05) is 23.5 Å². The average molecular weight is 446 g/mol. The van der Waals surface area contributed by atoms with Gasteiger partial charge < -0.3 is 10.2 Å². The molecule has 4 heterocycles. The molecule has 0 spiro atoms. The van der Waals surface area contributed by atoms with Gasteiger partial charge in [0.2, 0.25) is 0 Å². The SMILES string of the molecule is FCc1ccccc1-c1nc(CCCN2CCCCC2)cc(Nc2n[nH]c3ncccc23)n1. The zero-order valence-electron chi connectivity index (χ0n) is 18.6. The van der Waals surface area contributed by atoms with E-state index in [1.54, 1.807) is 12.3 Å². The first-order valence-electron chi connectivity index (χ1n) is 11.6. The topological polar surface area (TPSA) is 82.6 Å². The van der Waals surface area contributed by atoms with E-state index >= 15 is 0 Å². The van der Waals surface area contributed by atoms with Gasteiger partial charge in [-0.2, -0.15) is 5.10 Å². The molecule has 1 aliphatic rings. The number of nitrogens with one attached hydrogen (secondary N) is 2. The second-order valence-electron chi connectivity index (χ2n) is 8.46. The minimum absolute atomic E-state index is 0.527. The summed E-state index contributed by atoms with van der Waals surface area (Å²) in [6.07, 6.45) is 7.50. The number of benzene rings is 1. The third-order valence-corrected chi connectivity index (χ3v) is 6.12. The van der Waals surface area contributed by atoms with E-state index in [2.05, 4.69) is 25.4 Å². The van der Waals surface area contributed by atoms with Crippen LogP contribution in [0, 0.1) is 0 Å². The van der Waals surface area contributed by atoms with Crippen molar-refractivity contribution in [3.63, 3.8) is 0 Å². The Labute approximate surface area is 192 Å². The lowest BCUT2D eigenvalue weighted by Gasteiger charge is -2.26. The Kier molecular flexibility index (Phi) is 6.53. The van der Waals surface area contributed by atoms with Crippen LogP contribution in [-0.2, 0) is 13.1 Å². The van der Waals surface area contributed by atoms with Gasteiger partial charge in [-0.15, -0.1) is 0 Å². The van der Waals surface area contributed by atoms with Gasteiger partial charge in [-0.3, -0.25) is 5.10 Å². The number of piperidine rings is 1. The highest BCUT2D eigenvalue weighted by molar-refractivity contribution is 5.88. The van der Waals surface area contributed by atoms with E-state index in [1.807, 2.05) is 36.4 Å². The van der Waals surface area contributed by atoms with Crippen molar-refractivity contribution in [2.45, 2.75) is 38.8 Å². The summed E-state index contributed by atoms with van der Waals surface area (Å²) in [6, 6.07) is 13.2. The van der Waals surface area contributed by atoms with Crippen molar-refractivity contribution in [2.75, 3.05) is 25.0 Å². The molecule has 0 unspecified atom stereocenters. The first-order chi connectivity index (χ1) is 16.3. The number of nitrogens with zero attached hydrogens (tertiary/aromatic N) is 5. The third-order valence-electron chi connectivity index (χ3n) is 6.12. The Balaban J connectivity index is 1.43. The molecule has 0 aliphatic carbocycles. The lowest BCUT2D eigenvalue weighted by atomic mass is 10.1. The normalized spacial score (nSPS) is 14.6. The number of H-pyrrole nitrogens is 1. The number of likely N-dealkylation sites (tertiary alicyclic amines) is 1. The van der Waals surface area contributed by atoms with Crippen molar-refractivity contribution in [1.82, 2.24) is 30.0 Å². The van der Waals surface area contributed by atoms with E-state index in [1.165, 1.54) is 32.4 Å². The number of rotatable bonds is 8. The van der Waals surface area contributed by atoms with E-state index in [9.17, 15) is 4.39 Å². The predicted molar refractivity (Wildman–Crippen MR) is 128 cm³/mol. The van der Waals surface area contributed by atoms with Gasteiger partial charge in [0.05, 0.1) is 5.39 Å². The number of alkyl halides is 1. The van der Waals surface area contributed by atoms with Crippen molar-refractivity contribution >= 4 is 22.7 Å². The van der Waals surface area contributed by atoms with Crippen LogP contribution in [-0.4, -0.2) is 49.7 Å². The summed E-state index contributed by atoms with van der Waals surface area (Å²) in [4.78, 5) is 16.4. The number of aromatic nitrogens is 5. The third kappa shape index (κ3) is 5.01. The first-order valence-corrected chi connectivity index (χ1v) is 11.6. The highest BCUT2D eigenvalue weighted by Gasteiger charge is 2.14. The van der Waals surface area contributed by atoms with Gasteiger partial charge in [0.1, 0.15) is 12.5 Å². The Hall–Kier alpha value is -3.39. The van der Waals surface area contributed by atoms with Crippen LogP contribution in [0.15, 0.2) is 48.7 Å². The molecule has 1 fully saturated rings. The number of anilines is 2. The van der Waals surface area contributed by atoms with Crippen LogP contribution in [0.2, 0.25) is 0 Å². The zero-order chi connectivity index (χ0) is 22.5. The van der Waals surface area contributed by atoms with Crippen LogP contribution in [0.5, 0.6) is 0 Å². The molecule has 0 bridgehead atoms. The molecule has 0 atom stereocenters. The molecule has 5 rings (SSSR count). The standard InChI is InChI=1S/C25H28FN7/c26-17-18-8-2-3-10-20(18)24-28-19(9-7-15-33-13-4-1-5-14-33)16-22(29-24)30-25-21-11-6-12-27-23(21)31-32-25/h2-3,6,8,10-12,16H,1,4-5,7,9,13-15,17H2,(H2,27,28,29,30,31,32). The van der Waals surface area contributed by atoms with Crippen LogP contribution in [0.25, 0.3) is 22.4 Å². The van der Waals surface area contributed by atoms with Crippen LogP contribution in [0.3, 0.4) is 0 Å². The quantitative estimate of drug-likeness (QED) is 0.395. The maximum Gasteiger partial charge on any atom is 0.162 e. The van der Waals surface area contributed by atoms with Gasteiger partial charge in [-0.1, -0.05) is 30.7 Å². The van der Waals surface area contributed by atoms with Crippen molar-refractivity contribution in [3.05, 3.63) is 59.9 Å². The molecule has 8 heteroatoms. The van der Waals surface area contributed by atoms with Gasteiger partial charge in [0.15, 0.2) is 17.3 Å². The molecule has 7 nitrogen and oxygen atoms in total. The number of aromatic amines is 1. The average Bonchev–Trinajstić information content (AvgIpc) is 3.27. The number of hydrogen-bond donors (Lipinski definition) is 2. The number of hydrogen-bond acceptors (Lipinski definition) is 6. The predicted octanol–water partition coefficient (Wildman–Crippen LogP) is 5.05. The van der Waals surface area contributed by atoms with Crippen LogP contribution >= 0.6 is 0 Å². The molecule has 4 aromatic rings. The molecule has 1 aromatic carbocycles. The van der Waals surface area contributed by atoms with Gasteiger partial charge >= 0.3 is 0 Å². The maximum atomic E-state index is 13.7. The smallest absolute Gasteiger partial charge is 0.162 e. The fourth-order valence-electron chi connectivity index (χ4n) is 4.40. The lowest BCUT2D eigenvalue weighted by Crippen LogP contribution is -2.30. The summed E-state index contributed by atoms with van der Waals surface area (Å²) in [5, 5.41) is 11.5. The maximum absolute atomic E-state index is 13.7. The van der Waals surface area contributed by atoms with Crippen LogP contribution in [0.1, 0.15) is 36.9 Å². The summed E-state index contributed by atoms with van der Waals surface area (Å²) in [6.45, 7) is 2.88. The molecule has 0 radical (unpaired) electrons. The van der Waals surface area contributed by atoms with Gasteiger partial charge in [-0.25, -0.2) is 19.3 Å². The van der Waals surface area contributed by atoms with Crippen molar-refractivity contribution < 1.29 is 4.39 Å². The first kappa shape index (κ1) is 21.5. The second kappa shape index (κ2) is 10.0. The number of aryl methyl sites for hydroxylation is 1. The van der Waals surface area contributed by atoms with Gasteiger partial charge in [0.25, 0.3) is 0 Å². The Morgan fingerprint density at radius 2 is 1.91 bits per heavy atom. The second-order valence-corrected chi connectivity index (χ2v) is 8.46. The molecule has 33 heavy (non-hydrogen) atoms. The van der Waals surface area contributed by atoms with Crippen molar-refractivity contribution in [1.29, 1.82) is 0 Å². The van der Waals surface area contributed by atoms with Crippen LogP contribution in [0.4, 0.5) is 16.0 Å². The minimum atomic E-state index is -0.558. The van der Waals surface area contributed by atoms with E-state index < -0.39 is 6.67 Å². The molecule has 1 saturated heterocycles. The number of pyridine rings is 1. The van der Waals surface area contributed by atoms with E-state index in [-0.39, 0.29) is 0 Å². The zero-order valence-corrected chi connectivity index (χ0v) is 18.6. The molecule has 170 valence electrons. The summed E-state index contributed by atoms with van der Waals surface area (Å²) in [5.41, 5.74) is 2.95. The Morgan fingerprint density at radius 3 is 2.79 bits per heavy atom. The molecule has 2 N–H and O–H groups in total. The lowest BCUT2D eigenvalue weighted by molar-refractivity contribution is 0.226. The van der Waals surface area contributed by atoms with Gasteiger partial charge in [-0.05, 0) is 63.0 Å². The summed E-state index contributed by atoms with van der Waals surface area (Å²) < 4.78 is 13.7. The molecular weight excluding hydrogens is 417 g/mol. The highest BCUT2D eigenvalue weighted by Crippen LogP contribution is 2.26. The minimum Gasteiger partial charge on any atom is -0.323 e. The number of fused-ring (bicyclic) bond motifs is 1. The molecule has 0 saturated carbocycles. The molecule has 1 aliphatic heterocycles. The monoisotopic (exact) mass is 445 g/mol. The molecule has 0 amide bonds. The largest absolute Gasteiger partial charge is 0.323 e. The van der Waals surface area contributed by atoms with Crippen LogP contribution < -0.4 is 5.32 Å². The highest BCUT2D eigenvalue weighted by atomic mass is 19.1. The van der Waals surface area contributed by atoms with E-state index in [0.717, 1.165) is 36.0 Å². The van der Waals surface area contributed by atoms with E-state index in [0.29, 0.717) is 28.7 Å². The summed E-state index contributed by atoms with van der Waals surface area (Å²) >= 11 is 0. The Morgan fingerprint density at radius 1 is 1.03 bits per heavy atom. The van der Waals surface area contributed by atoms with Crippen molar-refractivity contribution in [2.24, 2.45) is 0 Å². The Bertz CT molecular complexity index is 1220. The van der Waals surface area contributed by atoms with E-state index in [4.69, 9.17) is 9.97 Å². The van der Waals surface area contributed by atoms with Crippen molar-refractivity contribution in [3.8, 4) is 11.4 Å².